The van der Waals surface area contributed by atoms with Crippen LogP contribution in [0, 0.1) is 12.3 Å². The number of carbonyl (C=O) groups is 1. The Morgan fingerprint density at radius 3 is 2.32 bits per heavy atom. The highest BCUT2D eigenvalue weighted by Crippen LogP contribution is 2.38. The Hall–Kier alpha value is -2.41. The molecule has 19 heavy (non-hydrogen) atoms. The van der Waals surface area contributed by atoms with Gasteiger partial charge in [-0.3, -0.25) is 4.79 Å². The van der Waals surface area contributed by atoms with E-state index in [-0.39, 0.29) is 12.4 Å². The SMILES string of the molecule is C#CCOc1c(OC)cc(C=CC(C)=O)cc1OC. The predicted molar refractivity (Wildman–Crippen MR) is 73.6 cm³/mol. The topological polar surface area (TPSA) is 44.8 Å². The maximum absolute atomic E-state index is 10.9. The van der Waals surface area contributed by atoms with E-state index in [9.17, 15) is 4.79 Å². The van der Waals surface area contributed by atoms with Crippen molar-refractivity contribution in [1.82, 2.24) is 0 Å². The summed E-state index contributed by atoms with van der Waals surface area (Å²) in [5.74, 6) is 3.79. The van der Waals surface area contributed by atoms with Crippen LogP contribution in [-0.2, 0) is 4.79 Å². The molecular weight excluding hydrogens is 244 g/mol. The molecule has 0 saturated heterocycles. The van der Waals surface area contributed by atoms with E-state index >= 15 is 0 Å². The fraction of sp³-hybridized carbons (Fsp3) is 0.267. The second kappa shape index (κ2) is 7.12. The summed E-state index contributed by atoms with van der Waals surface area (Å²) in [6.45, 7) is 1.60. The Labute approximate surface area is 113 Å². The van der Waals surface area contributed by atoms with E-state index in [4.69, 9.17) is 20.6 Å². The minimum absolute atomic E-state index is 0.0365. The van der Waals surface area contributed by atoms with Crippen LogP contribution in [0.4, 0.5) is 0 Å². The van der Waals surface area contributed by atoms with Gasteiger partial charge in [0.1, 0.15) is 6.61 Å². The molecule has 0 spiro atoms. The highest BCUT2D eigenvalue weighted by atomic mass is 16.5. The molecule has 100 valence electrons. The number of allylic oxidation sites excluding steroid dienone is 1. The molecule has 0 unspecified atom stereocenters. The average molecular weight is 260 g/mol. The molecule has 0 saturated carbocycles. The monoisotopic (exact) mass is 260 g/mol. The molecule has 4 heteroatoms. The molecule has 0 heterocycles. The van der Waals surface area contributed by atoms with E-state index in [0.29, 0.717) is 17.2 Å². The van der Waals surface area contributed by atoms with Gasteiger partial charge < -0.3 is 14.2 Å². The molecule has 1 aromatic carbocycles. The highest BCUT2D eigenvalue weighted by Gasteiger charge is 2.13. The fourth-order valence-corrected chi connectivity index (χ4v) is 1.47. The summed E-state index contributed by atoms with van der Waals surface area (Å²) in [5, 5.41) is 0. The molecule has 0 N–H and O–H groups in total. The zero-order valence-corrected chi connectivity index (χ0v) is 11.2. The molecule has 0 aliphatic carbocycles. The van der Waals surface area contributed by atoms with Crippen molar-refractivity contribution in [2.75, 3.05) is 20.8 Å². The first-order valence-corrected chi connectivity index (χ1v) is 5.63. The molecule has 1 rings (SSSR count). The maximum Gasteiger partial charge on any atom is 0.204 e. The zero-order chi connectivity index (χ0) is 14.3. The predicted octanol–water partition coefficient (Wildman–Crippen LogP) is 2.32. The summed E-state index contributed by atoms with van der Waals surface area (Å²) in [7, 11) is 3.05. The summed E-state index contributed by atoms with van der Waals surface area (Å²) < 4.78 is 15.9. The third-order valence-electron chi connectivity index (χ3n) is 2.29. The summed E-state index contributed by atoms with van der Waals surface area (Å²) in [4.78, 5) is 10.9. The normalized spacial score (nSPS) is 10.0. The van der Waals surface area contributed by atoms with Gasteiger partial charge in [0.2, 0.25) is 5.75 Å². The molecule has 0 atom stereocenters. The van der Waals surface area contributed by atoms with Gasteiger partial charge in [-0.1, -0.05) is 12.0 Å². The van der Waals surface area contributed by atoms with Gasteiger partial charge in [-0.2, -0.15) is 0 Å². The van der Waals surface area contributed by atoms with Crippen molar-refractivity contribution >= 4 is 11.9 Å². The van der Waals surface area contributed by atoms with Gasteiger partial charge in [0, 0.05) is 0 Å². The first-order chi connectivity index (χ1) is 9.12. The van der Waals surface area contributed by atoms with Crippen molar-refractivity contribution in [1.29, 1.82) is 0 Å². The largest absolute Gasteiger partial charge is 0.493 e. The Bertz CT molecular complexity index is 498. The van der Waals surface area contributed by atoms with Gasteiger partial charge in [-0.15, -0.1) is 6.42 Å². The van der Waals surface area contributed by atoms with Crippen LogP contribution in [-0.4, -0.2) is 26.6 Å². The summed E-state index contributed by atoms with van der Waals surface area (Å²) in [6, 6.07) is 3.49. The molecule has 0 aliphatic heterocycles. The van der Waals surface area contributed by atoms with Gasteiger partial charge >= 0.3 is 0 Å². The lowest BCUT2D eigenvalue weighted by Crippen LogP contribution is -2.00. The van der Waals surface area contributed by atoms with E-state index in [1.165, 1.54) is 27.2 Å². The van der Waals surface area contributed by atoms with Gasteiger partial charge in [0.25, 0.3) is 0 Å². The summed E-state index contributed by atoms with van der Waals surface area (Å²) >= 11 is 0. The second-order valence-electron chi connectivity index (χ2n) is 3.69. The molecule has 0 fully saturated rings. The number of hydrogen-bond acceptors (Lipinski definition) is 4. The molecule has 0 amide bonds. The van der Waals surface area contributed by atoms with Crippen molar-refractivity contribution in [2.24, 2.45) is 0 Å². The van der Waals surface area contributed by atoms with Crippen molar-refractivity contribution in [3.8, 4) is 29.6 Å². The summed E-state index contributed by atoms with van der Waals surface area (Å²) in [6.07, 6.45) is 8.31. The first kappa shape index (κ1) is 14.7. The standard InChI is InChI=1S/C15H16O4/c1-5-8-19-15-13(17-3)9-12(7-6-11(2)16)10-14(15)18-4/h1,6-7,9-10H,8H2,2-4H3. The van der Waals surface area contributed by atoms with Crippen LogP contribution in [0.3, 0.4) is 0 Å². The molecule has 1 aromatic rings. The van der Waals surface area contributed by atoms with Crippen molar-refractivity contribution in [3.05, 3.63) is 23.8 Å². The van der Waals surface area contributed by atoms with E-state index < -0.39 is 0 Å². The Kier molecular flexibility index (Phi) is 5.49. The lowest BCUT2D eigenvalue weighted by molar-refractivity contribution is -0.112. The quantitative estimate of drug-likeness (QED) is 0.581. The number of hydrogen-bond donors (Lipinski definition) is 0. The first-order valence-electron chi connectivity index (χ1n) is 5.63. The molecule has 0 aliphatic rings. The van der Waals surface area contributed by atoms with Crippen LogP contribution < -0.4 is 14.2 Å². The van der Waals surface area contributed by atoms with Crippen LogP contribution in [0.5, 0.6) is 17.2 Å². The van der Waals surface area contributed by atoms with E-state index in [0.717, 1.165) is 5.56 Å². The third kappa shape index (κ3) is 4.07. The number of carbonyl (C=O) groups excluding carboxylic acids is 1. The number of ether oxygens (including phenoxy) is 3. The minimum atomic E-state index is -0.0365. The zero-order valence-electron chi connectivity index (χ0n) is 11.2. The van der Waals surface area contributed by atoms with Gasteiger partial charge in [-0.05, 0) is 30.7 Å². The molecule has 0 aromatic heterocycles. The third-order valence-corrected chi connectivity index (χ3v) is 2.29. The number of benzene rings is 1. The van der Waals surface area contributed by atoms with E-state index in [2.05, 4.69) is 5.92 Å². The van der Waals surface area contributed by atoms with Crippen LogP contribution in [0.15, 0.2) is 18.2 Å². The van der Waals surface area contributed by atoms with E-state index in [1.54, 1.807) is 18.2 Å². The van der Waals surface area contributed by atoms with Crippen LogP contribution in [0.2, 0.25) is 0 Å². The summed E-state index contributed by atoms with van der Waals surface area (Å²) in [5.41, 5.74) is 0.775. The lowest BCUT2D eigenvalue weighted by Gasteiger charge is -2.13. The Balaban J connectivity index is 3.20. The number of terminal acetylenes is 1. The number of rotatable bonds is 6. The molecule has 4 nitrogen and oxygen atoms in total. The van der Waals surface area contributed by atoms with Gasteiger partial charge in [0.05, 0.1) is 14.2 Å². The smallest absolute Gasteiger partial charge is 0.204 e. The number of methoxy groups -OCH3 is 2. The fourth-order valence-electron chi connectivity index (χ4n) is 1.47. The molecule has 0 bridgehead atoms. The van der Waals surface area contributed by atoms with Crippen LogP contribution >= 0.6 is 0 Å². The maximum atomic E-state index is 10.9. The number of ketones is 1. The van der Waals surface area contributed by atoms with Gasteiger partial charge in [0.15, 0.2) is 17.3 Å². The second-order valence-corrected chi connectivity index (χ2v) is 3.69. The Morgan fingerprint density at radius 1 is 1.32 bits per heavy atom. The van der Waals surface area contributed by atoms with Crippen molar-refractivity contribution < 1.29 is 19.0 Å². The average Bonchev–Trinajstić information content (AvgIpc) is 2.42. The molecular formula is C15H16O4. The van der Waals surface area contributed by atoms with E-state index in [1.807, 2.05) is 0 Å². The minimum Gasteiger partial charge on any atom is -0.493 e. The van der Waals surface area contributed by atoms with Crippen LogP contribution in [0.25, 0.3) is 6.08 Å². The van der Waals surface area contributed by atoms with Crippen molar-refractivity contribution in [2.45, 2.75) is 6.92 Å². The van der Waals surface area contributed by atoms with Crippen molar-refractivity contribution in [3.63, 3.8) is 0 Å². The lowest BCUT2D eigenvalue weighted by atomic mass is 10.1. The van der Waals surface area contributed by atoms with Gasteiger partial charge in [-0.25, -0.2) is 0 Å². The Morgan fingerprint density at radius 2 is 1.89 bits per heavy atom. The highest BCUT2D eigenvalue weighted by molar-refractivity contribution is 5.91. The van der Waals surface area contributed by atoms with Crippen LogP contribution in [0.1, 0.15) is 12.5 Å². The molecule has 0 radical (unpaired) electrons.